The van der Waals surface area contributed by atoms with E-state index in [0.29, 0.717) is 0 Å². The van der Waals surface area contributed by atoms with Crippen LogP contribution >= 0.6 is 0 Å². The first-order valence-corrected chi connectivity index (χ1v) is 2.39. The highest BCUT2D eigenvalue weighted by Gasteiger charge is 2.12. The molecular weight excluding hydrogens is 123 g/mol. The van der Waals surface area contributed by atoms with Crippen molar-refractivity contribution in [2.75, 3.05) is 0 Å². The van der Waals surface area contributed by atoms with Crippen LogP contribution < -0.4 is 5.73 Å². The summed E-state index contributed by atoms with van der Waals surface area (Å²) in [6, 6.07) is 0. The summed E-state index contributed by atoms with van der Waals surface area (Å²) in [6.07, 6.45) is 0.477. The van der Waals surface area contributed by atoms with Crippen molar-refractivity contribution in [3.63, 3.8) is 0 Å². The molecular formula is C5H5FN2O. The van der Waals surface area contributed by atoms with Gasteiger partial charge in [-0.3, -0.25) is 4.79 Å². The summed E-state index contributed by atoms with van der Waals surface area (Å²) in [4.78, 5) is 13.5. The zero-order valence-corrected chi connectivity index (χ0v) is 4.54. The second-order valence-corrected chi connectivity index (χ2v) is 1.66. The third-order valence-corrected chi connectivity index (χ3v) is 0.941. The number of nitrogens with two attached hydrogens (primary N) is 1. The fourth-order valence-corrected chi connectivity index (χ4v) is 0.484. The molecule has 1 rings (SSSR count). The standard InChI is InChI=1S/C5H5FN2O/c6-3-2-8-5(9)1-4(3)7/h1-3H,7H2. The first-order valence-electron chi connectivity index (χ1n) is 2.39. The Bertz CT molecular complexity index is 197. The molecule has 1 heterocycles. The van der Waals surface area contributed by atoms with Crippen LogP contribution in [0.25, 0.3) is 0 Å². The monoisotopic (exact) mass is 128 g/mol. The Morgan fingerprint density at radius 2 is 2.44 bits per heavy atom. The van der Waals surface area contributed by atoms with E-state index < -0.39 is 12.1 Å². The summed E-state index contributed by atoms with van der Waals surface area (Å²) < 4.78 is 12.3. The Labute approximate surface area is 51.1 Å². The Kier molecular flexibility index (Phi) is 1.30. The predicted octanol–water partition coefficient (Wildman–Crippen LogP) is -0.222. The summed E-state index contributed by atoms with van der Waals surface area (Å²) in [5.74, 6) is -0.499. The van der Waals surface area contributed by atoms with E-state index in [-0.39, 0.29) is 5.70 Å². The molecule has 1 aliphatic rings. The van der Waals surface area contributed by atoms with E-state index in [1.54, 1.807) is 0 Å². The van der Waals surface area contributed by atoms with Crippen LogP contribution in [0.3, 0.4) is 0 Å². The van der Waals surface area contributed by atoms with E-state index in [0.717, 1.165) is 12.3 Å². The maximum Gasteiger partial charge on any atom is 0.271 e. The Morgan fingerprint density at radius 3 is 2.89 bits per heavy atom. The van der Waals surface area contributed by atoms with Gasteiger partial charge < -0.3 is 5.73 Å². The molecule has 1 aliphatic heterocycles. The van der Waals surface area contributed by atoms with Gasteiger partial charge in [-0.25, -0.2) is 9.38 Å². The van der Waals surface area contributed by atoms with Crippen LogP contribution in [0.15, 0.2) is 16.8 Å². The topological polar surface area (TPSA) is 55.5 Å². The molecule has 0 saturated carbocycles. The van der Waals surface area contributed by atoms with E-state index in [4.69, 9.17) is 5.73 Å². The molecule has 1 atom stereocenters. The predicted molar refractivity (Wildman–Crippen MR) is 30.7 cm³/mol. The number of carbonyl (C=O) groups is 1. The lowest BCUT2D eigenvalue weighted by molar-refractivity contribution is -0.113. The van der Waals surface area contributed by atoms with Crippen molar-refractivity contribution in [2.45, 2.75) is 6.17 Å². The van der Waals surface area contributed by atoms with Gasteiger partial charge in [-0.1, -0.05) is 0 Å². The van der Waals surface area contributed by atoms with Gasteiger partial charge in [0.15, 0.2) is 6.17 Å². The zero-order chi connectivity index (χ0) is 6.85. The second kappa shape index (κ2) is 1.97. The van der Waals surface area contributed by atoms with Crippen molar-refractivity contribution in [1.82, 2.24) is 0 Å². The number of dihydropyridines is 1. The molecule has 0 spiro atoms. The summed E-state index contributed by atoms with van der Waals surface area (Å²) in [6.45, 7) is 0. The normalized spacial score (nSPS) is 26.1. The lowest BCUT2D eigenvalue weighted by Crippen LogP contribution is -2.19. The van der Waals surface area contributed by atoms with Crippen LogP contribution in [0.1, 0.15) is 0 Å². The smallest absolute Gasteiger partial charge is 0.271 e. The number of halogens is 1. The lowest BCUT2D eigenvalue weighted by atomic mass is 10.2. The number of rotatable bonds is 0. The fraction of sp³-hybridized carbons (Fsp3) is 0.200. The van der Waals surface area contributed by atoms with Crippen LogP contribution in [0.5, 0.6) is 0 Å². The number of aliphatic imine (C=N–C) groups is 1. The quantitative estimate of drug-likeness (QED) is 0.490. The van der Waals surface area contributed by atoms with Crippen LogP contribution in [-0.4, -0.2) is 18.3 Å². The summed E-state index contributed by atoms with van der Waals surface area (Å²) in [5, 5.41) is 0. The van der Waals surface area contributed by atoms with E-state index in [9.17, 15) is 9.18 Å². The van der Waals surface area contributed by atoms with Gasteiger partial charge in [-0.2, -0.15) is 0 Å². The number of hydrogen-bond donors (Lipinski definition) is 1. The number of nitrogens with zero attached hydrogens (tertiary/aromatic N) is 1. The van der Waals surface area contributed by atoms with Crippen LogP contribution in [0.4, 0.5) is 4.39 Å². The van der Waals surface area contributed by atoms with E-state index in [2.05, 4.69) is 4.99 Å². The summed E-state index contributed by atoms with van der Waals surface area (Å²) in [5.41, 5.74) is 4.97. The SMILES string of the molecule is NC1=CC(=O)N=CC1F. The van der Waals surface area contributed by atoms with Gasteiger partial charge in [0.05, 0.1) is 5.70 Å². The number of alkyl halides is 1. The van der Waals surface area contributed by atoms with Crippen LogP contribution in [-0.2, 0) is 4.79 Å². The largest absolute Gasteiger partial charge is 0.399 e. The molecule has 0 aromatic rings. The van der Waals surface area contributed by atoms with Crippen molar-refractivity contribution in [3.8, 4) is 0 Å². The third kappa shape index (κ3) is 1.13. The molecule has 1 unspecified atom stereocenters. The highest BCUT2D eigenvalue weighted by atomic mass is 19.1. The molecule has 0 radical (unpaired) electrons. The van der Waals surface area contributed by atoms with Crippen LogP contribution in [0, 0.1) is 0 Å². The molecule has 0 saturated heterocycles. The number of carbonyl (C=O) groups excluding carboxylic acids is 1. The molecule has 0 bridgehead atoms. The van der Waals surface area contributed by atoms with Gasteiger partial charge in [0.2, 0.25) is 0 Å². The first kappa shape index (κ1) is 5.94. The molecule has 0 aromatic heterocycles. The highest BCUT2D eigenvalue weighted by Crippen LogP contribution is 2.02. The molecule has 48 valence electrons. The van der Waals surface area contributed by atoms with Gasteiger partial charge >= 0.3 is 0 Å². The maximum absolute atomic E-state index is 12.3. The maximum atomic E-state index is 12.3. The Hall–Kier alpha value is -1.19. The van der Waals surface area contributed by atoms with E-state index in [1.807, 2.05) is 0 Å². The second-order valence-electron chi connectivity index (χ2n) is 1.66. The molecule has 0 fully saturated rings. The van der Waals surface area contributed by atoms with Gasteiger partial charge in [0, 0.05) is 12.3 Å². The van der Waals surface area contributed by atoms with Gasteiger partial charge in [0.25, 0.3) is 5.91 Å². The van der Waals surface area contributed by atoms with E-state index in [1.165, 1.54) is 0 Å². The molecule has 0 aliphatic carbocycles. The van der Waals surface area contributed by atoms with Crippen molar-refractivity contribution >= 4 is 12.1 Å². The summed E-state index contributed by atoms with van der Waals surface area (Å²) >= 11 is 0. The molecule has 1 amide bonds. The molecule has 4 heteroatoms. The third-order valence-electron chi connectivity index (χ3n) is 0.941. The van der Waals surface area contributed by atoms with Gasteiger partial charge in [0.1, 0.15) is 0 Å². The number of allylic oxidation sites excluding steroid dienone is 1. The lowest BCUT2D eigenvalue weighted by Gasteiger charge is -2.04. The van der Waals surface area contributed by atoms with E-state index >= 15 is 0 Å². The number of hydrogen-bond acceptors (Lipinski definition) is 2. The highest BCUT2D eigenvalue weighted by molar-refractivity contribution is 5.98. The Morgan fingerprint density at radius 1 is 1.78 bits per heavy atom. The fourth-order valence-electron chi connectivity index (χ4n) is 0.484. The van der Waals surface area contributed by atoms with Gasteiger partial charge in [-0.15, -0.1) is 0 Å². The van der Waals surface area contributed by atoms with Crippen molar-refractivity contribution in [3.05, 3.63) is 11.8 Å². The minimum absolute atomic E-state index is 0.0741. The zero-order valence-electron chi connectivity index (χ0n) is 4.54. The van der Waals surface area contributed by atoms with Crippen LogP contribution in [0.2, 0.25) is 0 Å². The summed E-state index contributed by atoms with van der Waals surface area (Å²) in [7, 11) is 0. The molecule has 0 aromatic carbocycles. The molecule has 2 N–H and O–H groups in total. The van der Waals surface area contributed by atoms with Gasteiger partial charge in [-0.05, 0) is 0 Å². The number of amides is 1. The minimum Gasteiger partial charge on any atom is -0.399 e. The minimum atomic E-state index is -1.39. The molecule has 9 heavy (non-hydrogen) atoms. The van der Waals surface area contributed by atoms with Crippen molar-refractivity contribution in [1.29, 1.82) is 0 Å². The average molecular weight is 128 g/mol. The Balaban J connectivity index is 2.82. The molecule has 3 nitrogen and oxygen atoms in total. The van der Waals surface area contributed by atoms with Crippen molar-refractivity contribution in [2.24, 2.45) is 10.7 Å². The average Bonchev–Trinajstić information content (AvgIpc) is 1.80. The van der Waals surface area contributed by atoms with Crippen molar-refractivity contribution < 1.29 is 9.18 Å². The first-order chi connectivity index (χ1) is 4.20.